The zero-order valence-corrected chi connectivity index (χ0v) is 11.1. The molecule has 0 aliphatic rings. The molecular weight excluding hydrogens is 242 g/mol. The number of aromatic nitrogens is 1. The fraction of sp³-hybridized carbons (Fsp3) is 0.333. The Morgan fingerprint density at radius 3 is 2.84 bits per heavy atom. The van der Waals surface area contributed by atoms with Crippen molar-refractivity contribution in [3.05, 3.63) is 41.7 Å². The molecule has 1 heterocycles. The van der Waals surface area contributed by atoms with Crippen molar-refractivity contribution in [3.8, 4) is 0 Å². The number of aryl methyl sites for hydroxylation is 1. The molecule has 0 bridgehead atoms. The summed E-state index contributed by atoms with van der Waals surface area (Å²) in [5.74, 6) is -0.624. The SMILES string of the molecule is CCOC(=O)C(O)c1ccc2c(CC)cncc2c1. The average molecular weight is 259 g/mol. The van der Waals surface area contributed by atoms with Crippen LogP contribution in [0.4, 0.5) is 0 Å². The predicted molar refractivity (Wildman–Crippen MR) is 72.7 cm³/mol. The molecule has 100 valence electrons. The van der Waals surface area contributed by atoms with E-state index in [2.05, 4.69) is 11.9 Å². The van der Waals surface area contributed by atoms with Crippen LogP contribution in [0.5, 0.6) is 0 Å². The van der Waals surface area contributed by atoms with Gasteiger partial charge < -0.3 is 9.84 Å². The topological polar surface area (TPSA) is 59.4 Å². The molecule has 1 unspecified atom stereocenters. The van der Waals surface area contributed by atoms with Crippen LogP contribution in [0.15, 0.2) is 30.6 Å². The molecule has 0 fully saturated rings. The summed E-state index contributed by atoms with van der Waals surface area (Å²) in [6, 6.07) is 5.44. The Morgan fingerprint density at radius 2 is 2.16 bits per heavy atom. The molecule has 0 aliphatic heterocycles. The highest BCUT2D eigenvalue weighted by molar-refractivity contribution is 5.87. The van der Waals surface area contributed by atoms with Gasteiger partial charge in [0.15, 0.2) is 6.10 Å². The van der Waals surface area contributed by atoms with E-state index >= 15 is 0 Å². The number of nitrogens with zero attached hydrogens (tertiary/aromatic N) is 1. The van der Waals surface area contributed by atoms with Crippen molar-refractivity contribution in [2.75, 3.05) is 6.61 Å². The van der Waals surface area contributed by atoms with Gasteiger partial charge in [0.05, 0.1) is 6.61 Å². The van der Waals surface area contributed by atoms with Gasteiger partial charge in [0.25, 0.3) is 0 Å². The second kappa shape index (κ2) is 5.80. The highest BCUT2D eigenvalue weighted by atomic mass is 16.5. The Bertz CT molecular complexity index is 595. The maximum Gasteiger partial charge on any atom is 0.339 e. The summed E-state index contributed by atoms with van der Waals surface area (Å²) in [7, 11) is 0. The first-order chi connectivity index (χ1) is 9.17. The van der Waals surface area contributed by atoms with E-state index < -0.39 is 12.1 Å². The lowest BCUT2D eigenvalue weighted by Gasteiger charge is -2.11. The fourth-order valence-electron chi connectivity index (χ4n) is 2.07. The van der Waals surface area contributed by atoms with E-state index in [1.807, 2.05) is 12.3 Å². The largest absolute Gasteiger partial charge is 0.464 e. The summed E-state index contributed by atoms with van der Waals surface area (Å²) in [4.78, 5) is 15.7. The minimum Gasteiger partial charge on any atom is -0.464 e. The molecule has 0 aliphatic carbocycles. The van der Waals surface area contributed by atoms with Crippen molar-refractivity contribution in [3.63, 3.8) is 0 Å². The van der Waals surface area contributed by atoms with Crippen LogP contribution in [0, 0.1) is 0 Å². The van der Waals surface area contributed by atoms with Gasteiger partial charge >= 0.3 is 5.97 Å². The third kappa shape index (κ3) is 2.74. The van der Waals surface area contributed by atoms with Crippen molar-refractivity contribution >= 4 is 16.7 Å². The normalized spacial score (nSPS) is 12.4. The van der Waals surface area contributed by atoms with Gasteiger partial charge in [-0.2, -0.15) is 0 Å². The highest BCUT2D eigenvalue weighted by Crippen LogP contribution is 2.23. The van der Waals surface area contributed by atoms with Crippen LogP contribution in [0.2, 0.25) is 0 Å². The van der Waals surface area contributed by atoms with E-state index in [1.54, 1.807) is 25.3 Å². The van der Waals surface area contributed by atoms with Gasteiger partial charge in [-0.1, -0.05) is 19.1 Å². The molecule has 1 aromatic carbocycles. The van der Waals surface area contributed by atoms with Crippen LogP contribution in [0.3, 0.4) is 0 Å². The standard InChI is InChI=1S/C15H17NO3/c1-3-10-8-16-9-12-7-11(5-6-13(10)12)14(17)15(18)19-4-2/h5-9,14,17H,3-4H2,1-2H3. The first kappa shape index (κ1) is 13.5. The van der Waals surface area contributed by atoms with Crippen LogP contribution in [-0.2, 0) is 16.0 Å². The number of hydrogen-bond donors (Lipinski definition) is 1. The number of carbonyl (C=O) groups is 1. The van der Waals surface area contributed by atoms with Crippen LogP contribution >= 0.6 is 0 Å². The Kier molecular flexibility index (Phi) is 4.12. The van der Waals surface area contributed by atoms with Gasteiger partial charge in [0.2, 0.25) is 0 Å². The fourth-order valence-corrected chi connectivity index (χ4v) is 2.07. The van der Waals surface area contributed by atoms with Gasteiger partial charge in [0.1, 0.15) is 0 Å². The van der Waals surface area contributed by atoms with Crippen LogP contribution < -0.4 is 0 Å². The second-order valence-electron chi connectivity index (χ2n) is 4.29. The van der Waals surface area contributed by atoms with Crippen molar-refractivity contribution in [2.24, 2.45) is 0 Å². The minimum atomic E-state index is -1.24. The van der Waals surface area contributed by atoms with Gasteiger partial charge in [-0.05, 0) is 35.9 Å². The molecule has 1 atom stereocenters. The van der Waals surface area contributed by atoms with Crippen molar-refractivity contribution in [2.45, 2.75) is 26.4 Å². The lowest BCUT2D eigenvalue weighted by Crippen LogP contribution is -2.15. The van der Waals surface area contributed by atoms with E-state index in [1.165, 1.54) is 0 Å². The maximum atomic E-state index is 11.5. The van der Waals surface area contributed by atoms with Gasteiger partial charge in [-0.15, -0.1) is 0 Å². The number of rotatable bonds is 4. The first-order valence-electron chi connectivity index (χ1n) is 6.38. The molecule has 0 saturated heterocycles. The zero-order chi connectivity index (χ0) is 13.8. The number of aliphatic hydroxyl groups excluding tert-OH is 1. The molecule has 4 heteroatoms. The van der Waals surface area contributed by atoms with Crippen LogP contribution in [0.1, 0.15) is 31.1 Å². The Labute approximate surface area is 112 Å². The molecular formula is C15H17NO3. The van der Waals surface area contributed by atoms with Crippen molar-refractivity contribution < 1.29 is 14.6 Å². The minimum absolute atomic E-state index is 0.255. The molecule has 0 spiro atoms. The number of carbonyl (C=O) groups excluding carboxylic acids is 1. The molecule has 4 nitrogen and oxygen atoms in total. The van der Waals surface area contributed by atoms with E-state index in [4.69, 9.17) is 4.74 Å². The second-order valence-corrected chi connectivity index (χ2v) is 4.29. The number of pyridine rings is 1. The number of esters is 1. The summed E-state index contributed by atoms with van der Waals surface area (Å²) in [6.45, 7) is 4.03. The predicted octanol–water partition coefficient (Wildman–Crippen LogP) is 2.39. The summed E-state index contributed by atoms with van der Waals surface area (Å²) < 4.78 is 4.81. The number of hydrogen-bond acceptors (Lipinski definition) is 4. The summed E-state index contributed by atoms with van der Waals surface area (Å²) in [6.07, 6.45) is 3.22. The molecule has 1 N–H and O–H groups in total. The number of fused-ring (bicyclic) bond motifs is 1. The lowest BCUT2D eigenvalue weighted by molar-refractivity contribution is -0.153. The molecule has 0 amide bonds. The first-order valence-corrected chi connectivity index (χ1v) is 6.38. The van der Waals surface area contributed by atoms with Gasteiger partial charge in [-0.3, -0.25) is 4.98 Å². The molecule has 0 radical (unpaired) electrons. The van der Waals surface area contributed by atoms with E-state index in [9.17, 15) is 9.90 Å². The smallest absolute Gasteiger partial charge is 0.339 e. The van der Waals surface area contributed by atoms with Crippen LogP contribution in [-0.4, -0.2) is 22.7 Å². The van der Waals surface area contributed by atoms with Gasteiger partial charge in [-0.25, -0.2) is 4.79 Å². The quantitative estimate of drug-likeness (QED) is 0.856. The third-order valence-electron chi connectivity index (χ3n) is 3.07. The highest BCUT2D eigenvalue weighted by Gasteiger charge is 2.18. The zero-order valence-electron chi connectivity index (χ0n) is 11.1. The van der Waals surface area contributed by atoms with E-state index in [-0.39, 0.29) is 6.61 Å². The maximum absolute atomic E-state index is 11.5. The van der Waals surface area contributed by atoms with Crippen molar-refractivity contribution in [1.29, 1.82) is 0 Å². The van der Waals surface area contributed by atoms with E-state index in [0.717, 1.165) is 22.8 Å². The Hall–Kier alpha value is -1.94. The summed E-state index contributed by atoms with van der Waals surface area (Å²) in [5.41, 5.74) is 1.68. The summed E-state index contributed by atoms with van der Waals surface area (Å²) >= 11 is 0. The molecule has 2 aromatic rings. The third-order valence-corrected chi connectivity index (χ3v) is 3.07. The van der Waals surface area contributed by atoms with Gasteiger partial charge in [0, 0.05) is 17.8 Å². The lowest BCUT2D eigenvalue weighted by atomic mass is 10.0. The van der Waals surface area contributed by atoms with E-state index in [0.29, 0.717) is 5.56 Å². The van der Waals surface area contributed by atoms with Crippen molar-refractivity contribution in [1.82, 2.24) is 4.98 Å². The molecule has 2 rings (SSSR count). The molecule has 1 aromatic heterocycles. The number of aliphatic hydroxyl groups is 1. The van der Waals surface area contributed by atoms with Crippen LogP contribution in [0.25, 0.3) is 10.8 Å². The summed E-state index contributed by atoms with van der Waals surface area (Å²) in [5, 5.41) is 11.9. The Morgan fingerprint density at radius 1 is 1.37 bits per heavy atom. The monoisotopic (exact) mass is 259 g/mol. The molecule has 0 saturated carbocycles. The number of benzene rings is 1. The number of ether oxygens (including phenoxy) is 1. The average Bonchev–Trinajstić information content (AvgIpc) is 2.45. The molecule has 19 heavy (non-hydrogen) atoms. The Balaban J connectivity index is 2.39.